The van der Waals surface area contributed by atoms with E-state index in [4.69, 9.17) is 5.73 Å². The van der Waals surface area contributed by atoms with Crippen LogP contribution in [0.4, 0.5) is 17.1 Å². The summed E-state index contributed by atoms with van der Waals surface area (Å²) >= 11 is 0. The molecule has 1 aliphatic rings. The molecule has 2 N–H and O–H groups in total. The van der Waals surface area contributed by atoms with Crippen LogP contribution in [0.15, 0.2) is 53.5 Å². The van der Waals surface area contributed by atoms with Gasteiger partial charge in [0.1, 0.15) is 5.71 Å². The number of fused-ring (bicyclic) bond motifs is 1. The quantitative estimate of drug-likeness (QED) is 0.791. The summed E-state index contributed by atoms with van der Waals surface area (Å²) in [5.74, 6) is -0.107. The van der Waals surface area contributed by atoms with Gasteiger partial charge in [0.05, 0.1) is 17.1 Å². The molecule has 4 heteroatoms. The molecular weight excluding hydrogens is 238 g/mol. The topological polar surface area (TPSA) is 58.7 Å². The number of anilines is 2. The zero-order chi connectivity index (χ0) is 13.4. The number of nitrogens with zero attached hydrogens (tertiary/aromatic N) is 2. The molecule has 0 atom stereocenters. The van der Waals surface area contributed by atoms with Crippen LogP contribution in [0.1, 0.15) is 5.56 Å². The Morgan fingerprint density at radius 2 is 1.74 bits per heavy atom. The van der Waals surface area contributed by atoms with Crippen molar-refractivity contribution in [1.29, 1.82) is 0 Å². The molecule has 0 bridgehead atoms. The summed E-state index contributed by atoms with van der Waals surface area (Å²) in [7, 11) is 1.75. The Bertz CT molecular complexity index is 691. The Labute approximate surface area is 111 Å². The zero-order valence-corrected chi connectivity index (χ0v) is 10.5. The Morgan fingerprint density at radius 3 is 2.53 bits per heavy atom. The lowest BCUT2D eigenvalue weighted by Gasteiger charge is -2.07. The average Bonchev–Trinajstić information content (AvgIpc) is 2.67. The van der Waals surface area contributed by atoms with Gasteiger partial charge in [0, 0.05) is 12.6 Å². The van der Waals surface area contributed by atoms with Crippen molar-refractivity contribution >= 4 is 28.7 Å². The summed E-state index contributed by atoms with van der Waals surface area (Å²) in [6.07, 6.45) is 0. The highest BCUT2D eigenvalue weighted by Crippen LogP contribution is 2.30. The molecule has 0 saturated heterocycles. The highest BCUT2D eigenvalue weighted by molar-refractivity contribution is 6.54. The number of nitrogen functional groups attached to an aromatic ring is 1. The van der Waals surface area contributed by atoms with E-state index in [2.05, 4.69) is 4.99 Å². The Morgan fingerprint density at radius 1 is 1.05 bits per heavy atom. The van der Waals surface area contributed by atoms with Crippen LogP contribution >= 0.6 is 0 Å². The molecule has 1 aliphatic heterocycles. The van der Waals surface area contributed by atoms with E-state index < -0.39 is 0 Å². The predicted octanol–water partition coefficient (Wildman–Crippen LogP) is 2.37. The number of hydrogen-bond donors (Lipinski definition) is 1. The van der Waals surface area contributed by atoms with Crippen molar-refractivity contribution in [2.45, 2.75) is 0 Å². The fraction of sp³-hybridized carbons (Fsp3) is 0.0667. The maximum atomic E-state index is 12.2. The van der Waals surface area contributed by atoms with E-state index in [-0.39, 0.29) is 5.91 Å². The van der Waals surface area contributed by atoms with Gasteiger partial charge in [-0.3, -0.25) is 4.79 Å². The first-order valence-corrected chi connectivity index (χ1v) is 5.99. The van der Waals surface area contributed by atoms with Crippen LogP contribution in [0.5, 0.6) is 0 Å². The number of hydrogen-bond acceptors (Lipinski definition) is 3. The van der Waals surface area contributed by atoms with Crippen molar-refractivity contribution < 1.29 is 4.79 Å². The van der Waals surface area contributed by atoms with E-state index in [9.17, 15) is 4.79 Å². The van der Waals surface area contributed by atoms with E-state index in [1.165, 1.54) is 0 Å². The molecule has 19 heavy (non-hydrogen) atoms. The molecule has 1 amide bonds. The number of carbonyl (C=O) groups is 1. The lowest BCUT2D eigenvalue weighted by molar-refractivity contribution is -0.111. The Hall–Kier alpha value is -2.62. The average molecular weight is 251 g/mol. The van der Waals surface area contributed by atoms with Crippen molar-refractivity contribution in [2.75, 3.05) is 17.7 Å². The van der Waals surface area contributed by atoms with Crippen molar-refractivity contribution in [3.63, 3.8) is 0 Å². The van der Waals surface area contributed by atoms with Gasteiger partial charge in [-0.1, -0.05) is 30.3 Å². The van der Waals surface area contributed by atoms with Crippen LogP contribution in [0, 0.1) is 0 Å². The standard InChI is InChI=1S/C15H13N3O/c1-18-13-9-5-2-6-10(13)14(15(18)19)17-12-8-4-3-7-11(12)16/h2-9H,16H2,1H3. The third-order valence-corrected chi connectivity index (χ3v) is 3.20. The van der Waals surface area contributed by atoms with Gasteiger partial charge < -0.3 is 10.6 Å². The van der Waals surface area contributed by atoms with E-state index >= 15 is 0 Å². The summed E-state index contributed by atoms with van der Waals surface area (Å²) in [5.41, 5.74) is 9.21. The maximum absolute atomic E-state index is 12.2. The lowest BCUT2D eigenvalue weighted by atomic mass is 10.1. The molecule has 0 unspecified atom stereocenters. The van der Waals surface area contributed by atoms with Gasteiger partial charge in [0.2, 0.25) is 0 Å². The van der Waals surface area contributed by atoms with Crippen LogP contribution < -0.4 is 10.6 Å². The number of para-hydroxylation sites is 3. The number of likely N-dealkylation sites (N-methyl/N-ethyl adjacent to an activating group) is 1. The minimum absolute atomic E-state index is 0.107. The molecule has 3 rings (SSSR count). The molecule has 0 aromatic heterocycles. The third kappa shape index (κ3) is 1.78. The Balaban J connectivity index is 2.16. The first kappa shape index (κ1) is 11.5. The van der Waals surface area contributed by atoms with Crippen LogP contribution in [-0.4, -0.2) is 18.7 Å². The number of rotatable bonds is 1. The molecule has 4 nitrogen and oxygen atoms in total. The van der Waals surface area contributed by atoms with Crippen LogP contribution in [0.25, 0.3) is 0 Å². The summed E-state index contributed by atoms with van der Waals surface area (Å²) in [6.45, 7) is 0. The number of aliphatic imine (C=N–C) groups is 1. The van der Waals surface area contributed by atoms with Crippen LogP contribution in [0.3, 0.4) is 0 Å². The third-order valence-electron chi connectivity index (χ3n) is 3.20. The van der Waals surface area contributed by atoms with Gasteiger partial charge in [0.15, 0.2) is 0 Å². The monoisotopic (exact) mass is 251 g/mol. The Kier molecular flexibility index (Phi) is 2.56. The zero-order valence-electron chi connectivity index (χ0n) is 10.5. The van der Waals surface area contributed by atoms with Crippen molar-refractivity contribution in [2.24, 2.45) is 4.99 Å². The molecular formula is C15H13N3O. The second kappa shape index (κ2) is 4.24. The van der Waals surface area contributed by atoms with Crippen LogP contribution in [0.2, 0.25) is 0 Å². The molecule has 0 fully saturated rings. The first-order valence-electron chi connectivity index (χ1n) is 5.99. The van der Waals surface area contributed by atoms with E-state index in [1.54, 1.807) is 24.1 Å². The minimum Gasteiger partial charge on any atom is -0.397 e. The number of amides is 1. The highest BCUT2D eigenvalue weighted by atomic mass is 16.2. The van der Waals surface area contributed by atoms with Gasteiger partial charge in [-0.2, -0.15) is 0 Å². The summed E-state index contributed by atoms with van der Waals surface area (Å²) in [5, 5.41) is 0. The smallest absolute Gasteiger partial charge is 0.277 e. The summed E-state index contributed by atoms with van der Waals surface area (Å²) in [4.78, 5) is 18.3. The minimum atomic E-state index is -0.107. The first-order chi connectivity index (χ1) is 9.18. The molecule has 0 saturated carbocycles. The number of nitrogens with two attached hydrogens (primary N) is 1. The fourth-order valence-electron chi connectivity index (χ4n) is 2.17. The van der Waals surface area contributed by atoms with Crippen molar-refractivity contribution in [1.82, 2.24) is 0 Å². The van der Waals surface area contributed by atoms with E-state index in [0.29, 0.717) is 17.1 Å². The van der Waals surface area contributed by atoms with Gasteiger partial charge in [-0.25, -0.2) is 4.99 Å². The second-order valence-corrected chi connectivity index (χ2v) is 4.40. The molecule has 0 aliphatic carbocycles. The highest BCUT2D eigenvalue weighted by Gasteiger charge is 2.30. The molecule has 2 aromatic carbocycles. The molecule has 0 spiro atoms. The molecule has 94 valence electrons. The summed E-state index contributed by atoms with van der Waals surface area (Å²) in [6, 6.07) is 14.9. The van der Waals surface area contributed by atoms with Gasteiger partial charge in [-0.15, -0.1) is 0 Å². The van der Waals surface area contributed by atoms with Gasteiger partial charge in [0.25, 0.3) is 5.91 Å². The number of benzene rings is 2. The molecule has 2 aromatic rings. The lowest BCUT2D eigenvalue weighted by Crippen LogP contribution is -2.25. The second-order valence-electron chi connectivity index (χ2n) is 4.40. The van der Waals surface area contributed by atoms with Crippen LogP contribution in [-0.2, 0) is 4.79 Å². The number of carbonyl (C=O) groups excluding carboxylic acids is 1. The summed E-state index contributed by atoms with van der Waals surface area (Å²) < 4.78 is 0. The van der Waals surface area contributed by atoms with Gasteiger partial charge >= 0.3 is 0 Å². The largest absolute Gasteiger partial charge is 0.397 e. The van der Waals surface area contributed by atoms with E-state index in [1.807, 2.05) is 36.4 Å². The van der Waals surface area contributed by atoms with Crippen molar-refractivity contribution in [3.05, 3.63) is 54.1 Å². The maximum Gasteiger partial charge on any atom is 0.277 e. The molecule has 1 heterocycles. The molecule has 0 radical (unpaired) electrons. The van der Waals surface area contributed by atoms with E-state index in [0.717, 1.165) is 11.3 Å². The van der Waals surface area contributed by atoms with Gasteiger partial charge in [-0.05, 0) is 18.2 Å². The normalized spacial score (nSPS) is 15.9. The van der Waals surface area contributed by atoms with Crippen molar-refractivity contribution in [3.8, 4) is 0 Å². The SMILES string of the molecule is CN1C(=O)C(=Nc2ccccc2N)c2ccccc21. The predicted molar refractivity (Wildman–Crippen MR) is 76.9 cm³/mol. The fourth-order valence-corrected chi connectivity index (χ4v) is 2.17.